The molecule has 1 aliphatic rings. The lowest BCUT2D eigenvalue weighted by Crippen LogP contribution is -2.50. The van der Waals surface area contributed by atoms with E-state index in [1.807, 2.05) is 61.5 Å². The molecule has 1 aliphatic carbocycles. The van der Waals surface area contributed by atoms with E-state index in [2.05, 4.69) is 5.32 Å². The molecule has 2 amide bonds. The third kappa shape index (κ3) is 5.83. The van der Waals surface area contributed by atoms with Crippen LogP contribution < -0.4 is 10.1 Å². The molecular formula is C24H30N2O3. The van der Waals surface area contributed by atoms with Gasteiger partial charge in [-0.2, -0.15) is 0 Å². The van der Waals surface area contributed by atoms with E-state index in [1.165, 1.54) is 0 Å². The summed E-state index contributed by atoms with van der Waals surface area (Å²) >= 11 is 0. The molecule has 154 valence electrons. The maximum absolute atomic E-state index is 13.2. The summed E-state index contributed by atoms with van der Waals surface area (Å²) in [6.45, 7) is 2.23. The molecule has 1 N–H and O–H groups in total. The van der Waals surface area contributed by atoms with Gasteiger partial charge >= 0.3 is 0 Å². The second-order valence-electron chi connectivity index (χ2n) is 7.70. The highest BCUT2D eigenvalue weighted by Crippen LogP contribution is 2.19. The highest BCUT2D eigenvalue weighted by Gasteiger charge is 2.28. The molecule has 0 radical (unpaired) electrons. The van der Waals surface area contributed by atoms with Gasteiger partial charge in [0.15, 0.2) is 0 Å². The maximum atomic E-state index is 13.2. The number of ether oxygens (including phenoxy) is 1. The predicted molar refractivity (Wildman–Crippen MR) is 114 cm³/mol. The van der Waals surface area contributed by atoms with Crippen LogP contribution in [0.25, 0.3) is 0 Å². The molecule has 29 heavy (non-hydrogen) atoms. The molecule has 1 atom stereocenters. The van der Waals surface area contributed by atoms with Crippen LogP contribution in [0.15, 0.2) is 54.6 Å². The zero-order chi connectivity index (χ0) is 20.6. The summed E-state index contributed by atoms with van der Waals surface area (Å²) in [5.74, 6) is 0.621. The van der Waals surface area contributed by atoms with Crippen molar-refractivity contribution in [3.63, 3.8) is 0 Å². The molecule has 0 spiro atoms. The summed E-state index contributed by atoms with van der Waals surface area (Å²) in [7, 11) is 1.62. The van der Waals surface area contributed by atoms with E-state index in [9.17, 15) is 9.59 Å². The van der Waals surface area contributed by atoms with E-state index in [1.54, 1.807) is 12.0 Å². The molecule has 1 saturated carbocycles. The van der Waals surface area contributed by atoms with Crippen molar-refractivity contribution in [2.45, 2.75) is 57.7 Å². The van der Waals surface area contributed by atoms with Gasteiger partial charge in [-0.1, -0.05) is 55.3 Å². The Kier molecular flexibility index (Phi) is 7.28. The second kappa shape index (κ2) is 10.1. The third-order valence-corrected chi connectivity index (χ3v) is 5.58. The fourth-order valence-electron chi connectivity index (χ4n) is 3.77. The quantitative estimate of drug-likeness (QED) is 0.742. The molecule has 3 rings (SSSR count). The molecule has 0 aliphatic heterocycles. The third-order valence-electron chi connectivity index (χ3n) is 5.58. The van der Waals surface area contributed by atoms with Gasteiger partial charge in [-0.3, -0.25) is 9.59 Å². The summed E-state index contributed by atoms with van der Waals surface area (Å²) in [6, 6.07) is 17.0. The van der Waals surface area contributed by atoms with Crippen LogP contribution in [0.3, 0.4) is 0 Å². The lowest BCUT2D eigenvalue weighted by molar-refractivity contribution is -0.140. The van der Waals surface area contributed by atoms with Crippen LogP contribution in [-0.2, 0) is 22.6 Å². The minimum atomic E-state index is -0.526. The fourth-order valence-corrected chi connectivity index (χ4v) is 3.77. The first-order chi connectivity index (χ1) is 14.1. The van der Waals surface area contributed by atoms with Crippen LogP contribution in [-0.4, -0.2) is 35.9 Å². The second-order valence-corrected chi connectivity index (χ2v) is 7.70. The van der Waals surface area contributed by atoms with E-state index in [0.29, 0.717) is 6.54 Å². The first kappa shape index (κ1) is 20.9. The van der Waals surface area contributed by atoms with Crippen molar-refractivity contribution in [3.8, 4) is 5.75 Å². The van der Waals surface area contributed by atoms with Crippen LogP contribution in [0.1, 0.15) is 43.7 Å². The molecule has 0 unspecified atom stereocenters. The van der Waals surface area contributed by atoms with Gasteiger partial charge in [-0.05, 0) is 43.0 Å². The molecule has 2 aromatic carbocycles. The van der Waals surface area contributed by atoms with Gasteiger partial charge in [-0.15, -0.1) is 0 Å². The molecule has 2 aromatic rings. The Morgan fingerprint density at radius 3 is 2.31 bits per heavy atom. The normalized spacial score (nSPS) is 15.0. The molecule has 1 fully saturated rings. The van der Waals surface area contributed by atoms with Gasteiger partial charge in [0.25, 0.3) is 0 Å². The Labute approximate surface area is 173 Å². The summed E-state index contributed by atoms with van der Waals surface area (Å²) in [6.07, 6.45) is 4.61. The van der Waals surface area contributed by atoms with E-state index in [4.69, 9.17) is 4.74 Å². The van der Waals surface area contributed by atoms with Crippen molar-refractivity contribution in [2.75, 3.05) is 7.11 Å². The smallest absolute Gasteiger partial charge is 0.242 e. The van der Waals surface area contributed by atoms with Crippen molar-refractivity contribution in [1.82, 2.24) is 10.2 Å². The lowest BCUT2D eigenvalue weighted by Gasteiger charge is -2.30. The monoisotopic (exact) mass is 394 g/mol. The van der Waals surface area contributed by atoms with Crippen LogP contribution in [0.5, 0.6) is 5.75 Å². The first-order valence-corrected chi connectivity index (χ1v) is 10.3. The molecule has 0 bridgehead atoms. The van der Waals surface area contributed by atoms with Gasteiger partial charge in [-0.25, -0.2) is 0 Å². The van der Waals surface area contributed by atoms with Crippen LogP contribution in [0.4, 0.5) is 0 Å². The minimum absolute atomic E-state index is 0.0620. The highest BCUT2D eigenvalue weighted by molar-refractivity contribution is 5.88. The summed E-state index contributed by atoms with van der Waals surface area (Å²) in [4.78, 5) is 27.7. The SMILES string of the molecule is COc1ccc(CC(=O)N(Cc2ccccc2)[C@@H](C)C(=O)NC2CCCC2)cc1. The fraction of sp³-hybridized carbons (Fsp3) is 0.417. The van der Waals surface area contributed by atoms with E-state index in [-0.39, 0.29) is 24.3 Å². The van der Waals surface area contributed by atoms with Gasteiger partial charge in [0.2, 0.25) is 11.8 Å². The number of carbonyl (C=O) groups excluding carboxylic acids is 2. The van der Waals surface area contributed by atoms with Crippen molar-refractivity contribution >= 4 is 11.8 Å². The average Bonchev–Trinajstić information content (AvgIpc) is 3.25. The standard InChI is InChI=1S/C24H30N2O3/c1-18(24(28)25-21-10-6-7-11-21)26(17-20-8-4-3-5-9-20)23(27)16-19-12-14-22(29-2)15-13-19/h3-5,8-9,12-15,18,21H,6-7,10-11,16-17H2,1-2H3,(H,25,28)/t18-/m0/s1. The Balaban J connectivity index is 1.73. The lowest BCUT2D eigenvalue weighted by atomic mass is 10.1. The number of benzene rings is 2. The number of hydrogen-bond donors (Lipinski definition) is 1. The van der Waals surface area contributed by atoms with Gasteiger partial charge in [0.05, 0.1) is 13.5 Å². The summed E-state index contributed by atoms with van der Waals surface area (Å²) in [5.41, 5.74) is 1.91. The van der Waals surface area contributed by atoms with E-state index >= 15 is 0 Å². The average molecular weight is 395 g/mol. The molecule has 5 heteroatoms. The zero-order valence-electron chi connectivity index (χ0n) is 17.3. The number of nitrogens with one attached hydrogen (secondary N) is 1. The Morgan fingerprint density at radius 1 is 1.03 bits per heavy atom. The number of rotatable bonds is 8. The number of hydrogen-bond acceptors (Lipinski definition) is 3. The molecule has 0 heterocycles. The molecule has 5 nitrogen and oxygen atoms in total. The van der Waals surface area contributed by atoms with Crippen molar-refractivity contribution in [3.05, 3.63) is 65.7 Å². The number of methoxy groups -OCH3 is 1. The van der Waals surface area contributed by atoms with Crippen molar-refractivity contribution in [2.24, 2.45) is 0 Å². The van der Waals surface area contributed by atoms with Crippen molar-refractivity contribution < 1.29 is 14.3 Å². The number of amides is 2. The Bertz CT molecular complexity index is 799. The number of carbonyl (C=O) groups is 2. The van der Waals surface area contributed by atoms with Crippen LogP contribution in [0, 0.1) is 0 Å². The number of nitrogens with zero attached hydrogens (tertiary/aromatic N) is 1. The minimum Gasteiger partial charge on any atom is -0.497 e. The Morgan fingerprint density at radius 2 is 1.69 bits per heavy atom. The maximum Gasteiger partial charge on any atom is 0.242 e. The molecule has 0 saturated heterocycles. The zero-order valence-corrected chi connectivity index (χ0v) is 17.3. The highest BCUT2D eigenvalue weighted by atomic mass is 16.5. The summed E-state index contributed by atoms with van der Waals surface area (Å²) < 4.78 is 5.19. The Hall–Kier alpha value is -2.82. The van der Waals surface area contributed by atoms with Crippen LogP contribution >= 0.6 is 0 Å². The first-order valence-electron chi connectivity index (χ1n) is 10.3. The van der Waals surface area contributed by atoms with E-state index < -0.39 is 6.04 Å². The summed E-state index contributed by atoms with van der Waals surface area (Å²) in [5, 5.41) is 3.13. The van der Waals surface area contributed by atoms with E-state index in [0.717, 1.165) is 42.6 Å². The van der Waals surface area contributed by atoms with Crippen molar-refractivity contribution in [1.29, 1.82) is 0 Å². The molecule has 0 aromatic heterocycles. The van der Waals surface area contributed by atoms with Gasteiger partial charge < -0.3 is 15.0 Å². The van der Waals surface area contributed by atoms with Gasteiger partial charge in [0, 0.05) is 12.6 Å². The predicted octanol–water partition coefficient (Wildman–Crippen LogP) is 3.71. The van der Waals surface area contributed by atoms with Gasteiger partial charge in [0.1, 0.15) is 11.8 Å². The molecular weight excluding hydrogens is 364 g/mol. The van der Waals surface area contributed by atoms with Crippen LogP contribution in [0.2, 0.25) is 0 Å². The topological polar surface area (TPSA) is 58.6 Å². The largest absolute Gasteiger partial charge is 0.497 e.